The Labute approximate surface area is 154 Å². The van der Waals surface area contributed by atoms with Crippen molar-refractivity contribution in [1.29, 1.82) is 0 Å². The maximum Gasteiger partial charge on any atom is 0.305 e. The van der Waals surface area contributed by atoms with Crippen molar-refractivity contribution in [3.63, 3.8) is 0 Å². The second-order valence-corrected chi connectivity index (χ2v) is 7.71. The van der Waals surface area contributed by atoms with E-state index >= 15 is 0 Å². The quantitative estimate of drug-likeness (QED) is 0.409. The SMILES string of the molecule is O=C(O)CCN1C(=O)/C(=C2/C(=O)Nc3ccc(I)cc32)SC1=S. The van der Waals surface area contributed by atoms with Gasteiger partial charge in [-0.2, -0.15) is 0 Å². The number of rotatable bonds is 3. The highest BCUT2D eigenvalue weighted by atomic mass is 127. The fraction of sp³-hybridized carbons (Fsp3) is 0.143. The predicted octanol–water partition coefficient (Wildman–Crippen LogP) is 2.29. The molecule has 9 heteroatoms. The minimum absolute atomic E-state index is 0.00240. The first-order chi connectivity index (χ1) is 10.9. The van der Waals surface area contributed by atoms with Crippen molar-refractivity contribution in [2.24, 2.45) is 0 Å². The lowest BCUT2D eigenvalue weighted by atomic mass is 10.1. The highest BCUT2D eigenvalue weighted by Gasteiger charge is 2.39. The van der Waals surface area contributed by atoms with E-state index in [1.807, 2.05) is 12.1 Å². The lowest BCUT2D eigenvalue weighted by Gasteiger charge is -2.12. The van der Waals surface area contributed by atoms with Crippen molar-refractivity contribution in [3.05, 3.63) is 32.2 Å². The number of nitrogens with one attached hydrogen (secondary N) is 1. The molecule has 0 atom stereocenters. The Bertz CT molecular complexity index is 806. The molecule has 3 rings (SSSR count). The maximum absolute atomic E-state index is 12.5. The molecule has 0 aliphatic carbocycles. The molecule has 0 aromatic heterocycles. The average Bonchev–Trinajstić information content (AvgIpc) is 2.93. The summed E-state index contributed by atoms with van der Waals surface area (Å²) in [6, 6.07) is 5.47. The van der Waals surface area contributed by atoms with Crippen molar-refractivity contribution < 1.29 is 19.5 Å². The van der Waals surface area contributed by atoms with Gasteiger partial charge in [-0.25, -0.2) is 0 Å². The van der Waals surface area contributed by atoms with Crippen LogP contribution in [0.5, 0.6) is 0 Å². The maximum atomic E-state index is 12.5. The molecule has 0 spiro atoms. The van der Waals surface area contributed by atoms with Gasteiger partial charge in [0, 0.05) is 21.4 Å². The predicted molar refractivity (Wildman–Crippen MR) is 98.9 cm³/mol. The van der Waals surface area contributed by atoms with Crippen LogP contribution in [0, 0.1) is 3.57 Å². The summed E-state index contributed by atoms with van der Waals surface area (Å²) in [7, 11) is 0. The monoisotopic (exact) mass is 460 g/mol. The zero-order valence-electron chi connectivity index (χ0n) is 11.5. The lowest BCUT2D eigenvalue weighted by Crippen LogP contribution is -2.30. The first-order valence-corrected chi connectivity index (χ1v) is 8.80. The first kappa shape index (κ1) is 16.4. The molecule has 1 saturated heterocycles. The van der Waals surface area contributed by atoms with Gasteiger partial charge in [0.1, 0.15) is 4.32 Å². The van der Waals surface area contributed by atoms with Gasteiger partial charge in [0.2, 0.25) is 0 Å². The van der Waals surface area contributed by atoms with Crippen LogP contribution in [-0.4, -0.2) is 38.7 Å². The van der Waals surface area contributed by atoms with E-state index in [-0.39, 0.29) is 28.1 Å². The molecule has 2 aliphatic heterocycles. The Kier molecular flexibility index (Phi) is 4.43. The van der Waals surface area contributed by atoms with E-state index in [1.165, 1.54) is 4.90 Å². The zero-order chi connectivity index (χ0) is 16.7. The molecule has 6 nitrogen and oxygen atoms in total. The Morgan fingerprint density at radius 3 is 2.83 bits per heavy atom. The third-order valence-electron chi connectivity index (χ3n) is 3.35. The van der Waals surface area contributed by atoms with Gasteiger partial charge in [0.15, 0.2) is 0 Å². The molecule has 0 unspecified atom stereocenters. The summed E-state index contributed by atoms with van der Waals surface area (Å²) in [4.78, 5) is 37.0. The van der Waals surface area contributed by atoms with Crippen molar-refractivity contribution >= 4 is 79.9 Å². The van der Waals surface area contributed by atoms with Crippen LogP contribution in [0.3, 0.4) is 0 Å². The topological polar surface area (TPSA) is 86.7 Å². The molecule has 118 valence electrons. The van der Waals surface area contributed by atoms with Crippen LogP contribution in [0.1, 0.15) is 12.0 Å². The number of hydrogen-bond donors (Lipinski definition) is 2. The fourth-order valence-corrected chi connectivity index (χ4v) is 4.19. The second kappa shape index (κ2) is 6.21. The minimum Gasteiger partial charge on any atom is -0.481 e. The van der Waals surface area contributed by atoms with E-state index in [0.717, 1.165) is 15.3 Å². The molecule has 0 saturated carbocycles. The Morgan fingerprint density at radius 2 is 2.13 bits per heavy atom. The van der Waals surface area contributed by atoms with Gasteiger partial charge < -0.3 is 10.4 Å². The van der Waals surface area contributed by atoms with E-state index in [2.05, 4.69) is 27.9 Å². The second-order valence-electron chi connectivity index (χ2n) is 4.82. The van der Waals surface area contributed by atoms with Gasteiger partial charge >= 0.3 is 5.97 Å². The van der Waals surface area contributed by atoms with Gasteiger partial charge in [0.05, 0.1) is 16.9 Å². The standard InChI is InChI=1S/C14H9IN2O4S2/c15-6-1-2-8-7(5-6)10(12(20)16-8)11-13(21)17(14(22)23-11)4-3-9(18)19/h1-2,5H,3-4H2,(H,16,20)(H,18,19)/b11-10-. The lowest BCUT2D eigenvalue weighted by molar-refractivity contribution is -0.137. The number of anilines is 1. The van der Waals surface area contributed by atoms with E-state index in [9.17, 15) is 14.4 Å². The van der Waals surface area contributed by atoms with Gasteiger partial charge in [0.25, 0.3) is 11.8 Å². The number of carboxylic acids is 1. The highest BCUT2D eigenvalue weighted by Crippen LogP contribution is 2.42. The summed E-state index contributed by atoms with van der Waals surface area (Å²) in [5.74, 6) is -1.77. The molecule has 1 fully saturated rings. The Morgan fingerprint density at radius 1 is 1.39 bits per heavy atom. The summed E-state index contributed by atoms with van der Waals surface area (Å²) < 4.78 is 1.21. The van der Waals surface area contributed by atoms with Gasteiger partial charge in [-0.15, -0.1) is 0 Å². The first-order valence-electron chi connectivity index (χ1n) is 6.49. The highest BCUT2D eigenvalue weighted by molar-refractivity contribution is 14.1. The van der Waals surface area contributed by atoms with Crippen LogP contribution < -0.4 is 5.32 Å². The molecule has 0 radical (unpaired) electrons. The fourth-order valence-electron chi connectivity index (χ4n) is 2.31. The molecule has 2 heterocycles. The third kappa shape index (κ3) is 3.00. The largest absolute Gasteiger partial charge is 0.481 e. The van der Waals surface area contributed by atoms with Crippen molar-refractivity contribution in [3.8, 4) is 0 Å². The van der Waals surface area contributed by atoms with Crippen molar-refractivity contribution in [2.75, 3.05) is 11.9 Å². The van der Waals surface area contributed by atoms with E-state index in [4.69, 9.17) is 17.3 Å². The normalized spacial score (nSPS) is 20.0. The van der Waals surface area contributed by atoms with Crippen molar-refractivity contribution in [2.45, 2.75) is 6.42 Å². The zero-order valence-corrected chi connectivity index (χ0v) is 15.3. The summed E-state index contributed by atoms with van der Waals surface area (Å²) in [6.45, 7) is -0.00240. The van der Waals surface area contributed by atoms with Crippen LogP contribution in [-0.2, 0) is 14.4 Å². The van der Waals surface area contributed by atoms with E-state index in [1.54, 1.807) is 6.07 Å². The summed E-state index contributed by atoms with van der Waals surface area (Å²) >= 11 is 8.32. The number of carboxylic acid groups (broad SMARTS) is 1. The molecule has 2 amide bonds. The number of amides is 2. The summed E-state index contributed by atoms with van der Waals surface area (Å²) in [5.41, 5.74) is 1.62. The van der Waals surface area contributed by atoms with Crippen LogP contribution in [0.25, 0.3) is 5.57 Å². The number of nitrogens with zero attached hydrogens (tertiary/aromatic N) is 1. The number of thioether (sulfide) groups is 1. The number of aliphatic carboxylic acids is 1. The van der Waals surface area contributed by atoms with Crippen LogP contribution >= 0.6 is 46.6 Å². The molecule has 23 heavy (non-hydrogen) atoms. The number of benzene rings is 1. The molecule has 2 N–H and O–H groups in total. The van der Waals surface area contributed by atoms with Crippen LogP contribution in [0.2, 0.25) is 0 Å². The van der Waals surface area contributed by atoms with E-state index in [0.29, 0.717) is 16.8 Å². The molecule has 0 bridgehead atoms. The van der Waals surface area contributed by atoms with Gasteiger partial charge in [-0.3, -0.25) is 19.3 Å². The summed E-state index contributed by atoms with van der Waals surface area (Å²) in [6.07, 6.45) is -0.199. The third-order valence-corrected chi connectivity index (χ3v) is 5.47. The minimum atomic E-state index is -1.01. The number of carbonyl (C=O) groups is 3. The van der Waals surface area contributed by atoms with Gasteiger partial charge in [-0.1, -0.05) is 24.0 Å². The van der Waals surface area contributed by atoms with E-state index < -0.39 is 11.9 Å². The number of hydrogen-bond acceptors (Lipinski definition) is 5. The molecular weight excluding hydrogens is 451 g/mol. The molecule has 1 aromatic carbocycles. The Hall–Kier alpha value is -1.46. The molecular formula is C14H9IN2O4S2. The van der Waals surface area contributed by atoms with Crippen molar-refractivity contribution in [1.82, 2.24) is 4.90 Å². The number of halogens is 1. The van der Waals surface area contributed by atoms with Crippen LogP contribution in [0.15, 0.2) is 23.1 Å². The molecule has 2 aliphatic rings. The number of fused-ring (bicyclic) bond motifs is 1. The number of thiocarbonyl (C=S) groups is 1. The van der Waals surface area contributed by atoms with Gasteiger partial charge in [-0.05, 0) is 40.8 Å². The average molecular weight is 460 g/mol. The summed E-state index contributed by atoms with van der Waals surface area (Å²) in [5, 5.41) is 11.5. The Balaban J connectivity index is 2.01. The van der Waals surface area contributed by atoms with Crippen LogP contribution in [0.4, 0.5) is 5.69 Å². The molecule has 1 aromatic rings. The number of carbonyl (C=O) groups excluding carboxylic acids is 2. The smallest absolute Gasteiger partial charge is 0.305 e.